The van der Waals surface area contributed by atoms with Crippen LogP contribution < -0.4 is 22.1 Å². The number of hydrogen-bond acceptors (Lipinski definition) is 5. The second-order valence-corrected chi connectivity index (χ2v) is 2.60. The molecule has 0 saturated carbocycles. The van der Waals surface area contributed by atoms with Crippen molar-refractivity contribution >= 4 is 5.97 Å². The molecule has 0 aliphatic rings. The van der Waals surface area contributed by atoms with Crippen LogP contribution in [0.2, 0.25) is 0 Å². The van der Waals surface area contributed by atoms with Gasteiger partial charge in [0.1, 0.15) is 0 Å². The standard InChI is InChI=1S/C6H18N4.C2H4O2.Zn/c7-1-3-9-5-6-10-4-2-8;1-2(3)4;/h9-10H,1-8H2;1H3,(H,3,4);. The van der Waals surface area contributed by atoms with Crippen molar-refractivity contribution in [3.63, 3.8) is 0 Å². The first-order valence-corrected chi connectivity index (χ1v) is 4.66. The molecule has 0 fully saturated rings. The van der Waals surface area contributed by atoms with Crippen LogP contribution in [0.3, 0.4) is 0 Å². The van der Waals surface area contributed by atoms with Gasteiger partial charge >= 0.3 is 0 Å². The van der Waals surface area contributed by atoms with E-state index in [1.165, 1.54) is 0 Å². The number of carboxylic acid groups (broad SMARTS) is 1. The maximum absolute atomic E-state index is 9.00. The normalized spacial score (nSPS) is 8.47. The molecule has 0 aromatic rings. The van der Waals surface area contributed by atoms with Crippen LogP contribution in [0.5, 0.6) is 0 Å². The molecule has 15 heavy (non-hydrogen) atoms. The van der Waals surface area contributed by atoms with Crippen LogP contribution in [0, 0.1) is 0 Å². The second kappa shape index (κ2) is 19.5. The Labute approximate surface area is 104 Å². The zero-order chi connectivity index (χ0) is 11.2. The first kappa shape index (κ1) is 20.4. The van der Waals surface area contributed by atoms with Crippen molar-refractivity contribution in [2.75, 3.05) is 39.3 Å². The van der Waals surface area contributed by atoms with Gasteiger partial charge in [0.25, 0.3) is 5.97 Å². The molecule has 0 spiro atoms. The van der Waals surface area contributed by atoms with Crippen LogP contribution in [-0.2, 0) is 24.3 Å². The van der Waals surface area contributed by atoms with Crippen LogP contribution in [0.25, 0.3) is 0 Å². The van der Waals surface area contributed by atoms with Crippen molar-refractivity contribution in [3.05, 3.63) is 0 Å². The van der Waals surface area contributed by atoms with E-state index in [4.69, 9.17) is 21.4 Å². The number of carboxylic acids is 1. The molecule has 6 nitrogen and oxygen atoms in total. The molecule has 0 unspecified atom stereocenters. The van der Waals surface area contributed by atoms with E-state index in [9.17, 15) is 0 Å². The van der Waals surface area contributed by atoms with Gasteiger partial charge in [-0.3, -0.25) is 4.79 Å². The molecule has 7 N–H and O–H groups in total. The summed E-state index contributed by atoms with van der Waals surface area (Å²) < 4.78 is 0. The fraction of sp³-hybridized carbons (Fsp3) is 0.875. The molecule has 0 rings (SSSR count). The number of carbonyl (C=O) groups is 1. The van der Waals surface area contributed by atoms with Crippen LogP contribution in [0.4, 0.5) is 0 Å². The third-order valence-corrected chi connectivity index (χ3v) is 1.12. The summed E-state index contributed by atoms with van der Waals surface area (Å²) in [6.45, 7) is 6.22. The van der Waals surface area contributed by atoms with E-state index >= 15 is 0 Å². The number of rotatable bonds is 7. The summed E-state index contributed by atoms with van der Waals surface area (Å²) in [7, 11) is 0. The molecule has 0 radical (unpaired) electrons. The van der Waals surface area contributed by atoms with E-state index in [1.54, 1.807) is 0 Å². The Kier molecular flexibility index (Phi) is 26.5. The van der Waals surface area contributed by atoms with Gasteiger partial charge in [0, 0.05) is 65.7 Å². The van der Waals surface area contributed by atoms with Gasteiger partial charge in [-0.1, -0.05) is 0 Å². The second-order valence-electron chi connectivity index (χ2n) is 2.60. The zero-order valence-electron chi connectivity index (χ0n) is 9.46. The Morgan fingerprint density at radius 3 is 1.53 bits per heavy atom. The summed E-state index contributed by atoms with van der Waals surface area (Å²) in [6.07, 6.45) is 0. The fourth-order valence-electron chi connectivity index (χ4n) is 0.631. The summed E-state index contributed by atoms with van der Waals surface area (Å²) in [5.41, 5.74) is 10.5. The van der Waals surface area contributed by atoms with Crippen LogP contribution in [0.1, 0.15) is 6.92 Å². The van der Waals surface area contributed by atoms with E-state index in [0.717, 1.165) is 33.1 Å². The summed E-state index contributed by atoms with van der Waals surface area (Å²) in [5.74, 6) is -0.833. The topological polar surface area (TPSA) is 113 Å². The Morgan fingerprint density at radius 2 is 1.33 bits per heavy atom. The average molecular weight is 272 g/mol. The SMILES string of the molecule is CC(=O)O.NCCNCCNCCN.[Zn]. The predicted octanol–water partition coefficient (Wildman–Crippen LogP) is -1.83. The average Bonchev–Trinajstić information content (AvgIpc) is 2.10. The molecular formula is C8H22N4O2Zn. The van der Waals surface area contributed by atoms with E-state index in [-0.39, 0.29) is 19.5 Å². The van der Waals surface area contributed by atoms with Crippen molar-refractivity contribution in [3.8, 4) is 0 Å². The molecule has 0 aromatic heterocycles. The summed E-state index contributed by atoms with van der Waals surface area (Å²) >= 11 is 0. The summed E-state index contributed by atoms with van der Waals surface area (Å²) in [4.78, 5) is 9.00. The molecular weight excluding hydrogens is 250 g/mol. The van der Waals surface area contributed by atoms with Crippen molar-refractivity contribution in [2.24, 2.45) is 11.5 Å². The van der Waals surface area contributed by atoms with Gasteiger partial charge in [0.05, 0.1) is 0 Å². The number of aliphatic carboxylic acids is 1. The summed E-state index contributed by atoms with van der Waals surface area (Å²) in [6, 6.07) is 0. The summed E-state index contributed by atoms with van der Waals surface area (Å²) in [5, 5.41) is 13.7. The van der Waals surface area contributed by atoms with E-state index in [1.807, 2.05) is 0 Å². The van der Waals surface area contributed by atoms with Crippen molar-refractivity contribution in [1.29, 1.82) is 0 Å². The molecule has 0 amide bonds. The Hall–Kier alpha value is -0.0666. The quantitative estimate of drug-likeness (QED) is 0.275. The first-order valence-electron chi connectivity index (χ1n) is 4.66. The van der Waals surface area contributed by atoms with Crippen LogP contribution in [0.15, 0.2) is 0 Å². The smallest absolute Gasteiger partial charge is 0.300 e. The minimum absolute atomic E-state index is 0. The monoisotopic (exact) mass is 270 g/mol. The number of nitrogens with one attached hydrogen (secondary N) is 2. The van der Waals surface area contributed by atoms with Gasteiger partial charge in [-0.2, -0.15) is 0 Å². The van der Waals surface area contributed by atoms with E-state index in [2.05, 4.69) is 10.6 Å². The van der Waals surface area contributed by atoms with Crippen molar-refractivity contribution < 1.29 is 29.4 Å². The van der Waals surface area contributed by atoms with Gasteiger partial charge in [-0.05, 0) is 0 Å². The van der Waals surface area contributed by atoms with Gasteiger partial charge < -0.3 is 27.2 Å². The number of nitrogens with two attached hydrogens (primary N) is 2. The zero-order valence-corrected chi connectivity index (χ0v) is 12.4. The van der Waals surface area contributed by atoms with E-state index < -0.39 is 5.97 Å². The van der Waals surface area contributed by atoms with Gasteiger partial charge in [0.15, 0.2) is 0 Å². The molecule has 0 aliphatic heterocycles. The maximum Gasteiger partial charge on any atom is 0.300 e. The molecule has 0 atom stereocenters. The fourth-order valence-corrected chi connectivity index (χ4v) is 0.631. The predicted molar refractivity (Wildman–Crippen MR) is 57.2 cm³/mol. The largest absolute Gasteiger partial charge is 0.481 e. The Balaban J connectivity index is -0.000000249. The third kappa shape index (κ3) is 41.3. The molecule has 0 saturated heterocycles. The van der Waals surface area contributed by atoms with Crippen molar-refractivity contribution in [2.45, 2.75) is 6.92 Å². The van der Waals surface area contributed by atoms with Crippen LogP contribution >= 0.6 is 0 Å². The van der Waals surface area contributed by atoms with Gasteiger partial charge in [-0.15, -0.1) is 0 Å². The minimum atomic E-state index is -0.833. The Bertz CT molecular complexity index is 115. The first-order chi connectivity index (χ1) is 6.65. The minimum Gasteiger partial charge on any atom is -0.481 e. The molecule has 88 valence electrons. The maximum atomic E-state index is 9.00. The number of hydrogen-bond donors (Lipinski definition) is 5. The van der Waals surface area contributed by atoms with Gasteiger partial charge in [-0.25, -0.2) is 0 Å². The molecule has 0 aliphatic carbocycles. The molecule has 0 heterocycles. The molecule has 0 aromatic carbocycles. The molecule has 7 heteroatoms. The van der Waals surface area contributed by atoms with Crippen molar-refractivity contribution in [1.82, 2.24) is 10.6 Å². The Morgan fingerprint density at radius 1 is 1.07 bits per heavy atom. The molecule has 0 bridgehead atoms. The van der Waals surface area contributed by atoms with E-state index in [0.29, 0.717) is 13.1 Å². The van der Waals surface area contributed by atoms with Crippen LogP contribution in [-0.4, -0.2) is 50.3 Å². The third-order valence-electron chi connectivity index (χ3n) is 1.12. The van der Waals surface area contributed by atoms with Gasteiger partial charge in [0.2, 0.25) is 0 Å².